The van der Waals surface area contributed by atoms with Gasteiger partial charge in [-0.15, -0.1) is 0 Å². The monoisotopic (exact) mass is 312 g/mol. The normalized spacial score (nSPS) is 24.7. The number of hydrogen-bond donors (Lipinski definition) is 1. The Labute approximate surface area is 137 Å². The van der Waals surface area contributed by atoms with Gasteiger partial charge in [0.25, 0.3) is 5.91 Å². The number of hydrazone groups is 1. The quantitative estimate of drug-likeness (QED) is 0.668. The molecule has 1 N–H and O–H groups in total. The Morgan fingerprint density at radius 2 is 2.30 bits per heavy atom. The molecule has 0 spiro atoms. The molecule has 1 aromatic carbocycles. The molecule has 0 aliphatic heterocycles. The van der Waals surface area contributed by atoms with E-state index in [-0.39, 0.29) is 12.5 Å². The maximum Gasteiger partial charge on any atom is 0.277 e. The fourth-order valence-corrected chi connectivity index (χ4v) is 3.61. The third-order valence-electron chi connectivity index (χ3n) is 5.27. The van der Waals surface area contributed by atoms with Crippen LogP contribution in [0.25, 0.3) is 0 Å². The third kappa shape index (κ3) is 3.31. The maximum atomic E-state index is 11.8. The molecule has 0 aromatic heterocycles. The molecule has 0 radical (unpaired) electrons. The van der Waals surface area contributed by atoms with Crippen LogP contribution < -0.4 is 10.2 Å². The second-order valence-electron chi connectivity index (χ2n) is 7.14. The summed E-state index contributed by atoms with van der Waals surface area (Å²) in [4.78, 5) is 11.8. The highest BCUT2D eigenvalue weighted by Crippen LogP contribution is 2.58. The van der Waals surface area contributed by atoms with Gasteiger partial charge in [-0.3, -0.25) is 4.79 Å². The molecule has 1 fully saturated rings. The van der Waals surface area contributed by atoms with E-state index in [9.17, 15) is 4.79 Å². The first kappa shape index (κ1) is 15.8. The molecule has 2 bridgehead atoms. The van der Waals surface area contributed by atoms with Crippen molar-refractivity contribution < 1.29 is 9.53 Å². The van der Waals surface area contributed by atoms with Gasteiger partial charge in [-0.25, -0.2) is 5.43 Å². The van der Waals surface area contributed by atoms with Gasteiger partial charge in [0, 0.05) is 0 Å². The van der Waals surface area contributed by atoms with Crippen LogP contribution in [0, 0.1) is 24.2 Å². The maximum absolute atomic E-state index is 11.8. The summed E-state index contributed by atoms with van der Waals surface area (Å²) >= 11 is 0. The molecular formula is C19H24N2O2. The Balaban J connectivity index is 1.47. The van der Waals surface area contributed by atoms with Crippen molar-refractivity contribution in [3.8, 4) is 5.75 Å². The zero-order chi connectivity index (χ0) is 16.4. The van der Waals surface area contributed by atoms with Gasteiger partial charge in [0.2, 0.25) is 0 Å². The Kier molecular flexibility index (Phi) is 4.24. The molecule has 4 heteroatoms. The Bertz CT molecular complexity index is 661. The summed E-state index contributed by atoms with van der Waals surface area (Å²) in [7, 11) is 0. The molecule has 1 aromatic rings. The van der Waals surface area contributed by atoms with Crippen LogP contribution in [0.2, 0.25) is 0 Å². The molecule has 0 unspecified atom stereocenters. The minimum absolute atomic E-state index is 0.0309. The number of aryl methyl sites for hydroxylation is 1. The van der Waals surface area contributed by atoms with Crippen molar-refractivity contribution in [2.24, 2.45) is 22.4 Å². The summed E-state index contributed by atoms with van der Waals surface area (Å²) in [6, 6.07) is 7.63. The SMILES string of the molecule is Cc1cccc(OCC(=O)N/N=C/C2=CC[C@H]3C[C@H]2C3(C)C)c1. The summed E-state index contributed by atoms with van der Waals surface area (Å²) in [5.74, 6) is 1.83. The van der Waals surface area contributed by atoms with Crippen LogP contribution in [0.4, 0.5) is 0 Å². The summed E-state index contributed by atoms with van der Waals surface area (Å²) in [6.45, 7) is 6.60. The lowest BCUT2D eigenvalue weighted by atomic mass is 9.49. The van der Waals surface area contributed by atoms with Crippen molar-refractivity contribution in [1.82, 2.24) is 5.43 Å². The predicted molar refractivity (Wildman–Crippen MR) is 91.4 cm³/mol. The first-order valence-corrected chi connectivity index (χ1v) is 8.18. The highest BCUT2D eigenvalue weighted by Gasteiger charge is 2.50. The van der Waals surface area contributed by atoms with E-state index < -0.39 is 0 Å². The van der Waals surface area contributed by atoms with E-state index in [4.69, 9.17) is 4.74 Å². The van der Waals surface area contributed by atoms with Crippen molar-refractivity contribution in [2.75, 3.05) is 6.61 Å². The van der Waals surface area contributed by atoms with Gasteiger partial charge in [-0.05, 0) is 60.3 Å². The summed E-state index contributed by atoms with van der Waals surface area (Å²) in [5, 5.41) is 4.09. The fourth-order valence-electron chi connectivity index (χ4n) is 3.61. The van der Waals surface area contributed by atoms with E-state index in [1.54, 1.807) is 6.21 Å². The van der Waals surface area contributed by atoms with Crippen molar-refractivity contribution in [3.63, 3.8) is 0 Å². The second kappa shape index (κ2) is 6.19. The van der Waals surface area contributed by atoms with Crippen LogP contribution in [0.5, 0.6) is 5.75 Å². The number of allylic oxidation sites excluding steroid dienone is 2. The van der Waals surface area contributed by atoms with Crippen LogP contribution in [0.3, 0.4) is 0 Å². The summed E-state index contributed by atoms with van der Waals surface area (Å²) in [5.41, 5.74) is 5.27. The molecule has 122 valence electrons. The highest BCUT2D eigenvalue weighted by molar-refractivity contribution is 5.83. The van der Waals surface area contributed by atoms with Crippen LogP contribution in [0.1, 0.15) is 32.3 Å². The second-order valence-corrected chi connectivity index (χ2v) is 7.14. The Hall–Kier alpha value is -2.10. The van der Waals surface area contributed by atoms with Gasteiger partial charge in [0.1, 0.15) is 5.75 Å². The average Bonchev–Trinajstić information content (AvgIpc) is 2.53. The summed E-state index contributed by atoms with van der Waals surface area (Å²) < 4.78 is 5.45. The number of hydrogen-bond acceptors (Lipinski definition) is 3. The standard InChI is InChI=1S/C19H24N2O2/c1-13-5-4-6-16(9-13)23-12-18(22)21-20-11-14-7-8-15-10-17(14)19(15,2)3/h4-7,9,11,15,17H,8,10,12H2,1-3H3,(H,21,22)/b20-11+/t15-,17+/m0/s1. The lowest BCUT2D eigenvalue weighted by Gasteiger charge is -2.55. The fraction of sp³-hybridized carbons (Fsp3) is 0.474. The van der Waals surface area contributed by atoms with Crippen molar-refractivity contribution in [2.45, 2.75) is 33.6 Å². The van der Waals surface area contributed by atoms with E-state index in [0.29, 0.717) is 17.1 Å². The Morgan fingerprint density at radius 1 is 1.48 bits per heavy atom. The van der Waals surface area contributed by atoms with Gasteiger partial charge in [-0.1, -0.05) is 32.1 Å². The van der Waals surface area contributed by atoms with E-state index >= 15 is 0 Å². The number of fused-ring (bicyclic) bond motifs is 1. The van der Waals surface area contributed by atoms with Crippen LogP contribution in [-0.4, -0.2) is 18.7 Å². The van der Waals surface area contributed by atoms with Gasteiger partial charge < -0.3 is 4.74 Å². The van der Waals surface area contributed by atoms with Gasteiger partial charge in [-0.2, -0.15) is 5.10 Å². The predicted octanol–water partition coefficient (Wildman–Crippen LogP) is 3.47. The minimum Gasteiger partial charge on any atom is -0.484 e. The first-order chi connectivity index (χ1) is 11.0. The lowest BCUT2D eigenvalue weighted by Crippen LogP contribution is -2.48. The molecule has 1 amide bonds. The molecule has 0 heterocycles. The number of rotatable bonds is 5. The van der Waals surface area contributed by atoms with E-state index in [0.717, 1.165) is 17.9 Å². The van der Waals surface area contributed by atoms with Crippen LogP contribution in [-0.2, 0) is 4.79 Å². The topological polar surface area (TPSA) is 50.7 Å². The van der Waals surface area contributed by atoms with Gasteiger partial charge in [0.15, 0.2) is 6.61 Å². The minimum atomic E-state index is -0.245. The molecule has 1 saturated carbocycles. The van der Waals surface area contributed by atoms with E-state index in [1.165, 1.54) is 12.0 Å². The molecule has 23 heavy (non-hydrogen) atoms. The zero-order valence-corrected chi connectivity index (χ0v) is 14.0. The number of nitrogens with zero attached hydrogens (tertiary/aromatic N) is 1. The average molecular weight is 312 g/mol. The van der Waals surface area contributed by atoms with Crippen molar-refractivity contribution in [3.05, 3.63) is 41.5 Å². The van der Waals surface area contributed by atoms with Gasteiger partial charge >= 0.3 is 0 Å². The number of amides is 1. The highest BCUT2D eigenvalue weighted by atomic mass is 16.5. The number of carbonyl (C=O) groups excluding carboxylic acids is 1. The summed E-state index contributed by atoms with van der Waals surface area (Å²) in [6.07, 6.45) is 6.42. The molecule has 3 aliphatic carbocycles. The van der Waals surface area contributed by atoms with E-state index in [1.807, 2.05) is 31.2 Å². The third-order valence-corrected chi connectivity index (χ3v) is 5.27. The number of carbonyl (C=O) groups is 1. The molecule has 4 rings (SSSR count). The molecular weight excluding hydrogens is 288 g/mol. The van der Waals surface area contributed by atoms with Crippen molar-refractivity contribution >= 4 is 12.1 Å². The molecule has 4 nitrogen and oxygen atoms in total. The van der Waals surface area contributed by atoms with Crippen LogP contribution in [0.15, 0.2) is 41.0 Å². The zero-order valence-electron chi connectivity index (χ0n) is 14.0. The van der Waals surface area contributed by atoms with E-state index in [2.05, 4.69) is 30.5 Å². The largest absolute Gasteiger partial charge is 0.484 e. The number of nitrogens with one attached hydrogen (secondary N) is 1. The lowest BCUT2D eigenvalue weighted by molar-refractivity contribution is -0.123. The van der Waals surface area contributed by atoms with Crippen molar-refractivity contribution in [1.29, 1.82) is 0 Å². The molecule has 0 saturated heterocycles. The number of ether oxygens (including phenoxy) is 1. The van der Waals surface area contributed by atoms with Gasteiger partial charge in [0.05, 0.1) is 6.21 Å². The molecule has 2 atom stereocenters. The van der Waals surface area contributed by atoms with Crippen LogP contribution >= 0.6 is 0 Å². The first-order valence-electron chi connectivity index (χ1n) is 8.18. The molecule has 3 aliphatic rings. The Morgan fingerprint density at radius 3 is 3.00 bits per heavy atom. The number of benzene rings is 1. The smallest absolute Gasteiger partial charge is 0.277 e.